The van der Waals surface area contributed by atoms with Crippen LogP contribution in [0.1, 0.15) is 0 Å². The number of hydrogen-bond acceptors (Lipinski definition) is 5. The second kappa shape index (κ2) is 12.3. The highest BCUT2D eigenvalue weighted by atomic mass is 16.3. The number of aromatic nitrogens is 4. The molecule has 12 rings (SSSR count). The van der Waals surface area contributed by atoms with E-state index in [0.717, 1.165) is 82.9 Å². The molecule has 0 saturated heterocycles. The molecule has 8 aromatic carbocycles. The predicted molar refractivity (Wildman–Crippen MR) is 230 cm³/mol. The van der Waals surface area contributed by atoms with Gasteiger partial charge in [0, 0.05) is 60.3 Å². The van der Waals surface area contributed by atoms with Crippen LogP contribution >= 0.6 is 0 Å². The molecule has 0 spiro atoms. The molecule has 0 unspecified atom stereocenters. The summed E-state index contributed by atoms with van der Waals surface area (Å²) in [6.45, 7) is 0. The van der Waals surface area contributed by atoms with Crippen LogP contribution in [0.2, 0.25) is 0 Å². The molecule has 4 aromatic heterocycles. The molecule has 6 nitrogen and oxygen atoms in total. The summed E-state index contributed by atoms with van der Waals surface area (Å²) < 4.78 is 15.4. The number of fused-ring (bicyclic) bond motifs is 9. The van der Waals surface area contributed by atoms with Crippen LogP contribution in [0.4, 0.5) is 0 Å². The van der Waals surface area contributed by atoms with Gasteiger partial charge in [-0.3, -0.25) is 0 Å². The lowest BCUT2D eigenvalue weighted by atomic mass is 10.00. The molecule has 0 aliphatic rings. The van der Waals surface area contributed by atoms with Crippen molar-refractivity contribution < 1.29 is 8.83 Å². The molecule has 0 bridgehead atoms. The van der Waals surface area contributed by atoms with Gasteiger partial charge in [0.15, 0.2) is 17.5 Å². The van der Waals surface area contributed by atoms with E-state index in [9.17, 15) is 0 Å². The fourth-order valence-corrected chi connectivity index (χ4v) is 8.38. The second-order valence-corrected chi connectivity index (χ2v) is 14.4. The average molecular weight is 731 g/mol. The van der Waals surface area contributed by atoms with Crippen molar-refractivity contribution in [3.63, 3.8) is 0 Å². The standard InChI is InChI=1S/C51H30N4O2/c1-3-12-31(13-4-1)49-52-50(33-22-25-39-38-17-8-10-21-45(38)56-46(39)29-33)54-51(53-49)34-23-26-40-41-19-11-18-36(48(41)57-47(40)30-34)32-24-27-44-42(28-32)37-16-7-9-20-43(37)55(44)35-14-5-2-6-15-35/h1-30H. The molecule has 0 aliphatic carbocycles. The van der Waals surface area contributed by atoms with Gasteiger partial charge in [0.1, 0.15) is 22.3 Å². The first-order chi connectivity index (χ1) is 28.2. The van der Waals surface area contributed by atoms with Gasteiger partial charge < -0.3 is 13.4 Å². The van der Waals surface area contributed by atoms with E-state index in [1.807, 2.05) is 60.7 Å². The minimum Gasteiger partial charge on any atom is -0.456 e. The van der Waals surface area contributed by atoms with Gasteiger partial charge in [-0.15, -0.1) is 0 Å². The van der Waals surface area contributed by atoms with Crippen LogP contribution in [0.25, 0.3) is 117 Å². The first-order valence-corrected chi connectivity index (χ1v) is 19.0. The normalized spacial score (nSPS) is 11.9. The average Bonchev–Trinajstić information content (AvgIpc) is 3.95. The Morgan fingerprint density at radius 3 is 1.67 bits per heavy atom. The highest BCUT2D eigenvalue weighted by molar-refractivity contribution is 6.13. The van der Waals surface area contributed by atoms with Crippen molar-refractivity contribution in [3.8, 4) is 51.0 Å². The van der Waals surface area contributed by atoms with E-state index in [1.165, 1.54) is 16.3 Å². The number of benzene rings is 8. The Morgan fingerprint density at radius 1 is 0.333 bits per heavy atom. The van der Waals surface area contributed by atoms with Crippen molar-refractivity contribution in [2.24, 2.45) is 0 Å². The first kappa shape index (κ1) is 31.5. The number of hydrogen-bond donors (Lipinski definition) is 0. The summed E-state index contributed by atoms with van der Waals surface area (Å²) in [7, 11) is 0. The van der Waals surface area contributed by atoms with Crippen LogP contribution in [-0.2, 0) is 0 Å². The lowest BCUT2D eigenvalue weighted by molar-refractivity contribution is 0.669. The van der Waals surface area contributed by atoms with Gasteiger partial charge in [-0.05, 0) is 66.2 Å². The lowest BCUT2D eigenvalue weighted by Crippen LogP contribution is -2.00. The minimum atomic E-state index is 0.561. The summed E-state index contributed by atoms with van der Waals surface area (Å²) in [5.41, 5.74) is 11.5. The first-order valence-electron chi connectivity index (χ1n) is 19.0. The Hall–Kier alpha value is -7.83. The molecule has 266 valence electrons. The van der Waals surface area contributed by atoms with Gasteiger partial charge in [0.25, 0.3) is 0 Å². The third kappa shape index (κ3) is 5.01. The van der Waals surface area contributed by atoms with Crippen molar-refractivity contribution in [2.45, 2.75) is 0 Å². The summed E-state index contributed by atoms with van der Waals surface area (Å²) in [4.78, 5) is 15.0. The maximum atomic E-state index is 6.79. The van der Waals surface area contributed by atoms with Crippen LogP contribution in [-0.4, -0.2) is 19.5 Å². The van der Waals surface area contributed by atoms with Crippen LogP contribution in [0.15, 0.2) is 191 Å². The van der Waals surface area contributed by atoms with E-state index in [1.54, 1.807) is 0 Å². The van der Waals surface area contributed by atoms with Gasteiger partial charge in [-0.25, -0.2) is 15.0 Å². The quantitative estimate of drug-likeness (QED) is 0.176. The van der Waals surface area contributed by atoms with Gasteiger partial charge in [0.2, 0.25) is 0 Å². The third-order valence-corrected chi connectivity index (χ3v) is 11.1. The SMILES string of the molecule is c1ccc(-c2nc(-c3ccc4c(c3)oc3ccccc34)nc(-c3ccc4c(c3)oc3c(-c5ccc6c(c5)c5ccccc5n6-c5ccccc5)cccc34)n2)cc1. The zero-order valence-corrected chi connectivity index (χ0v) is 30.4. The molecular weight excluding hydrogens is 701 g/mol. The Morgan fingerprint density at radius 2 is 0.895 bits per heavy atom. The second-order valence-electron chi connectivity index (χ2n) is 14.4. The molecule has 0 atom stereocenters. The summed E-state index contributed by atoms with van der Waals surface area (Å²) in [6.07, 6.45) is 0. The van der Waals surface area contributed by atoms with Gasteiger partial charge in [-0.2, -0.15) is 0 Å². The van der Waals surface area contributed by atoms with Crippen molar-refractivity contribution >= 4 is 65.7 Å². The van der Waals surface area contributed by atoms with E-state index in [0.29, 0.717) is 17.5 Å². The summed E-state index contributed by atoms with van der Waals surface area (Å²) in [5, 5.41) is 6.64. The molecular formula is C51H30N4O2. The fraction of sp³-hybridized carbons (Fsp3) is 0. The minimum absolute atomic E-state index is 0.561. The van der Waals surface area contributed by atoms with E-state index < -0.39 is 0 Å². The monoisotopic (exact) mass is 730 g/mol. The molecule has 0 amide bonds. The molecule has 0 radical (unpaired) electrons. The Balaban J connectivity index is 0.993. The Labute approximate surface area is 325 Å². The van der Waals surface area contributed by atoms with Crippen LogP contribution in [0, 0.1) is 0 Å². The highest BCUT2D eigenvalue weighted by Crippen LogP contribution is 2.40. The summed E-state index contributed by atoms with van der Waals surface area (Å²) >= 11 is 0. The fourth-order valence-electron chi connectivity index (χ4n) is 8.38. The maximum Gasteiger partial charge on any atom is 0.164 e. The molecule has 0 fully saturated rings. The van der Waals surface area contributed by atoms with E-state index in [2.05, 4.69) is 126 Å². The summed E-state index contributed by atoms with van der Waals surface area (Å²) in [6, 6.07) is 62.8. The lowest BCUT2D eigenvalue weighted by Gasteiger charge is -2.08. The van der Waals surface area contributed by atoms with Gasteiger partial charge in [0.05, 0.1) is 11.0 Å². The topological polar surface area (TPSA) is 69.9 Å². The van der Waals surface area contributed by atoms with Crippen molar-refractivity contribution in [1.82, 2.24) is 19.5 Å². The van der Waals surface area contributed by atoms with E-state index >= 15 is 0 Å². The van der Waals surface area contributed by atoms with Crippen LogP contribution in [0.5, 0.6) is 0 Å². The van der Waals surface area contributed by atoms with Gasteiger partial charge in [-0.1, -0.05) is 121 Å². The number of furan rings is 2. The number of rotatable bonds is 5. The molecule has 0 N–H and O–H groups in total. The third-order valence-electron chi connectivity index (χ3n) is 11.1. The van der Waals surface area contributed by atoms with E-state index in [-0.39, 0.29) is 0 Å². The largest absolute Gasteiger partial charge is 0.456 e. The zero-order chi connectivity index (χ0) is 37.5. The molecule has 0 saturated carbocycles. The molecule has 12 aromatic rings. The molecule has 57 heavy (non-hydrogen) atoms. The smallest absolute Gasteiger partial charge is 0.164 e. The summed E-state index contributed by atoms with van der Waals surface area (Å²) in [5.74, 6) is 1.72. The Kier molecular flexibility index (Phi) is 6.83. The number of para-hydroxylation sites is 4. The van der Waals surface area contributed by atoms with Crippen LogP contribution in [0.3, 0.4) is 0 Å². The molecule has 0 aliphatic heterocycles. The zero-order valence-electron chi connectivity index (χ0n) is 30.4. The molecule has 4 heterocycles. The molecule has 6 heteroatoms. The van der Waals surface area contributed by atoms with Crippen LogP contribution < -0.4 is 0 Å². The van der Waals surface area contributed by atoms with Crippen molar-refractivity contribution in [3.05, 3.63) is 182 Å². The maximum absolute atomic E-state index is 6.79. The predicted octanol–water partition coefficient (Wildman–Crippen LogP) is 13.4. The van der Waals surface area contributed by atoms with Gasteiger partial charge >= 0.3 is 0 Å². The number of nitrogens with zero attached hydrogens (tertiary/aromatic N) is 4. The Bertz CT molecular complexity index is 3530. The highest BCUT2D eigenvalue weighted by Gasteiger charge is 2.19. The van der Waals surface area contributed by atoms with Crippen molar-refractivity contribution in [1.29, 1.82) is 0 Å². The van der Waals surface area contributed by atoms with E-state index in [4.69, 9.17) is 23.8 Å². The van der Waals surface area contributed by atoms with Crippen molar-refractivity contribution in [2.75, 3.05) is 0 Å².